The van der Waals surface area contributed by atoms with Gasteiger partial charge in [-0.25, -0.2) is 9.97 Å². The molecule has 3 N–H and O–H groups in total. The molecule has 1 fully saturated rings. The van der Waals surface area contributed by atoms with Crippen LogP contribution in [-0.2, 0) is 4.74 Å². The molecule has 3 rings (SSSR count). The maximum Gasteiger partial charge on any atom is 0.161 e. The lowest BCUT2D eigenvalue weighted by Crippen LogP contribution is -2.39. The van der Waals surface area contributed by atoms with Crippen molar-refractivity contribution in [3.8, 4) is 0 Å². The standard InChI is InChI=1S/C18H26N6O/c1-2-24(15-6-4-3-5-7-15)18-16(19)17(21-14-22-18)20-8-9-23-10-12-25-13-11-23/h3-7,14H,2,8-13,19H2,1H3,(H,20,21,22). The predicted molar refractivity (Wildman–Crippen MR) is 101 cm³/mol. The molecule has 0 atom stereocenters. The highest BCUT2D eigenvalue weighted by Crippen LogP contribution is 2.31. The number of anilines is 4. The van der Waals surface area contributed by atoms with Crippen LogP contribution in [0.3, 0.4) is 0 Å². The third-order valence-electron chi connectivity index (χ3n) is 4.33. The van der Waals surface area contributed by atoms with Crippen LogP contribution in [-0.4, -0.2) is 60.8 Å². The predicted octanol–water partition coefficient (Wildman–Crippen LogP) is 1.96. The monoisotopic (exact) mass is 342 g/mol. The number of nitrogens with two attached hydrogens (primary N) is 1. The molecule has 1 aliphatic heterocycles. The van der Waals surface area contributed by atoms with Crippen molar-refractivity contribution in [1.29, 1.82) is 0 Å². The van der Waals surface area contributed by atoms with Crippen molar-refractivity contribution < 1.29 is 4.74 Å². The molecule has 0 radical (unpaired) electrons. The van der Waals surface area contributed by atoms with Gasteiger partial charge in [-0.1, -0.05) is 18.2 Å². The maximum absolute atomic E-state index is 6.35. The molecule has 2 heterocycles. The molecular weight excluding hydrogens is 316 g/mol. The number of nitrogen functional groups attached to an aromatic ring is 1. The number of nitrogens with one attached hydrogen (secondary N) is 1. The molecular formula is C18H26N6O. The van der Waals surface area contributed by atoms with Crippen LogP contribution in [0.15, 0.2) is 36.7 Å². The summed E-state index contributed by atoms with van der Waals surface area (Å²) in [5.41, 5.74) is 8.00. The van der Waals surface area contributed by atoms with Gasteiger partial charge >= 0.3 is 0 Å². The lowest BCUT2D eigenvalue weighted by Gasteiger charge is -2.27. The molecule has 0 saturated carbocycles. The largest absolute Gasteiger partial charge is 0.393 e. The molecule has 0 amide bonds. The second-order valence-corrected chi connectivity index (χ2v) is 5.92. The van der Waals surface area contributed by atoms with Crippen molar-refractivity contribution in [2.24, 2.45) is 0 Å². The van der Waals surface area contributed by atoms with E-state index in [1.165, 1.54) is 0 Å². The van der Waals surface area contributed by atoms with Crippen LogP contribution in [0.1, 0.15) is 6.92 Å². The summed E-state index contributed by atoms with van der Waals surface area (Å²) in [6, 6.07) is 10.1. The average molecular weight is 342 g/mol. The minimum Gasteiger partial charge on any atom is -0.393 e. The Labute approximate surface area is 148 Å². The number of aromatic nitrogens is 2. The van der Waals surface area contributed by atoms with E-state index in [2.05, 4.69) is 44.1 Å². The summed E-state index contributed by atoms with van der Waals surface area (Å²) in [6.07, 6.45) is 1.56. The number of hydrogen-bond donors (Lipinski definition) is 2. The van der Waals surface area contributed by atoms with E-state index in [0.717, 1.165) is 57.4 Å². The Morgan fingerprint density at radius 3 is 2.68 bits per heavy atom. The number of rotatable bonds is 7. The maximum atomic E-state index is 6.35. The minimum atomic E-state index is 0.579. The van der Waals surface area contributed by atoms with Crippen LogP contribution < -0.4 is 16.0 Å². The van der Waals surface area contributed by atoms with E-state index < -0.39 is 0 Å². The molecule has 0 bridgehead atoms. The van der Waals surface area contributed by atoms with Gasteiger partial charge in [0.05, 0.1) is 13.2 Å². The van der Waals surface area contributed by atoms with Gasteiger partial charge < -0.3 is 20.7 Å². The van der Waals surface area contributed by atoms with Gasteiger partial charge in [0, 0.05) is 38.4 Å². The number of ether oxygens (including phenoxy) is 1. The fourth-order valence-electron chi connectivity index (χ4n) is 2.96. The highest BCUT2D eigenvalue weighted by molar-refractivity contribution is 5.79. The average Bonchev–Trinajstić information content (AvgIpc) is 2.67. The number of nitrogens with zero attached hydrogens (tertiary/aromatic N) is 4. The molecule has 2 aromatic rings. The molecule has 1 aromatic carbocycles. The summed E-state index contributed by atoms with van der Waals surface area (Å²) in [4.78, 5) is 13.2. The van der Waals surface area contributed by atoms with Crippen LogP contribution in [0.2, 0.25) is 0 Å². The number of para-hydroxylation sites is 1. The Morgan fingerprint density at radius 1 is 1.20 bits per heavy atom. The van der Waals surface area contributed by atoms with Crippen LogP contribution in [0, 0.1) is 0 Å². The zero-order valence-corrected chi connectivity index (χ0v) is 14.7. The number of benzene rings is 1. The Balaban J connectivity index is 1.68. The van der Waals surface area contributed by atoms with E-state index in [0.29, 0.717) is 11.5 Å². The van der Waals surface area contributed by atoms with Crippen molar-refractivity contribution in [2.45, 2.75) is 6.92 Å². The third-order valence-corrected chi connectivity index (χ3v) is 4.33. The minimum absolute atomic E-state index is 0.579. The van der Waals surface area contributed by atoms with Crippen molar-refractivity contribution in [2.75, 3.05) is 61.9 Å². The van der Waals surface area contributed by atoms with Crippen molar-refractivity contribution in [1.82, 2.24) is 14.9 Å². The summed E-state index contributed by atoms with van der Waals surface area (Å²) in [5, 5.41) is 3.35. The first-order valence-electron chi connectivity index (χ1n) is 8.76. The highest BCUT2D eigenvalue weighted by atomic mass is 16.5. The molecule has 25 heavy (non-hydrogen) atoms. The lowest BCUT2D eigenvalue weighted by molar-refractivity contribution is 0.0398. The molecule has 134 valence electrons. The molecule has 1 aromatic heterocycles. The van der Waals surface area contributed by atoms with Crippen molar-refractivity contribution >= 4 is 23.0 Å². The van der Waals surface area contributed by atoms with Gasteiger partial charge in [-0.3, -0.25) is 4.90 Å². The first-order valence-corrected chi connectivity index (χ1v) is 8.76. The molecule has 0 unspecified atom stereocenters. The van der Waals surface area contributed by atoms with Gasteiger partial charge in [0.1, 0.15) is 12.0 Å². The normalized spacial score (nSPS) is 15.1. The smallest absolute Gasteiger partial charge is 0.161 e. The molecule has 1 saturated heterocycles. The van der Waals surface area contributed by atoms with Gasteiger partial charge in [0.25, 0.3) is 0 Å². The molecule has 0 aliphatic carbocycles. The van der Waals surface area contributed by atoms with E-state index in [1.807, 2.05) is 18.2 Å². The second-order valence-electron chi connectivity index (χ2n) is 5.92. The summed E-state index contributed by atoms with van der Waals surface area (Å²) in [7, 11) is 0. The van der Waals surface area contributed by atoms with Crippen LogP contribution >= 0.6 is 0 Å². The van der Waals surface area contributed by atoms with Gasteiger partial charge in [0.2, 0.25) is 0 Å². The summed E-state index contributed by atoms with van der Waals surface area (Å²) in [5.74, 6) is 1.42. The lowest BCUT2D eigenvalue weighted by atomic mass is 10.2. The topological polar surface area (TPSA) is 79.5 Å². The summed E-state index contributed by atoms with van der Waals surface area (Å²) >= 11 is 0. The zero-order chi connectivity index (χ0) is 17.5. The molecule has 1 aliphatic rings. The van der Waals surface area contributed by atoms with Crippen LogP contribution in [0.5, 0.6) is 0 Å². The number of hydrogen-bond acceptors (Lipinski definition) is 7. The summed E-state index contributed by atoms with van der Waals surface area (Å²) < 4.78 is 5.37. The van der Waals surface area contributed by atoms with Gasteiger partial charge in [-0.2, -0.15) is 0 Å². The van der Waals surface area contributed by atoms with Crippen LogP contribution in [0.25, 0.3) is 0 Å². The van der Waals surface area contributed by atoms with E-state index in [-0.39, 0.29) is 0 Å². The zero-order valence-electron chi connectivity index (χ0n) is 14.7. The molecule has 7 nitrogen and oxygen atoms in total. The van der Waals surface area contributed by atoms with Gasteiger partial charge in [0.15, 0.2) is 11.6 Å². The SMILES string of the molecule is CCN(c1ccccc1)c1ncnc(NCCN2CCOCC2)c1N. The third kappa shape index (κ3) is 4.37. The quantitative estimate of drug-likeness (QED) is 0.796. The Hall–Kier alpha value is -2.38. The van der Waals surface area contributed by atoms with Gasteiger partial charge in [-0.15, -0.1) is 0 Å². The van der Waals surface area contributed by atoms with Crippen molar-refractivity contribution in [3.63, 3.8) is 0 Å². The van der Waals surface area contributed by atoms with Crippen molar-refractivity contribution in [3.05, 3.63) is 36.7 Å². The van der Waals surface area contributed by atoms with E-state index in [9.17, 15) is 0 Å². The fourth-order valence-corrected chi connectivity index (χ4v) is 2.96. The molecule has 0 spiro atoms. The Kier molecular flexibility index (Phi) is 6.03. The summed E-state index contributed by atoms with van der Waals surface area (Å²) in [6.45, 7) is 8.16. The van der Waals surface area contributed by atoms with Crippen LogP contribution in [0.4, 0.5) is 23.0 Å². The van der Waals surface area contributed by atoms with E-state index >= 15 is 0 Å². The Morgan fingerprint density at radius 2 is 1.96 bits per heavy atom. The second kappa shape index (κ2) is 8.64. The van der Waals surface area contributed by atoms with E-state index in [4.69, 9.17) is 10.5 Å². The molecule has 7 heteroatoms. The first-order chi connectivity index (χ1) is 12.3. The van der Waals surface area contributed by atoms with E-state index in [1.54, 1.807) is 6.33 Å². The fraction of sp³-hybridized carbons (Fsp3) is 0.444. The van der Waals surface area contributed by atoms with Gasteiger partial charge in [-0.05, 0) is 19.1 Å². The Bertz CT molecular complexity index is 660. The first kappa shape index (κ1) is 17.4. The highest BCUT2D eigenvalue weighted by Gasteiger charge is 2.16. The number of morpholine rings is 1.